The van der Waals surface area contributed by atoms with Gasteiger partial charge in [0, 0.05) is 31.6 Å². The van der Waals surface area contributed by atoms with Crippen LogP contribution in [0.1, 0.15) is 26.2 Å². The molecule has 29 heavy (non-hydrogen) atoms. The van der Waals surface area contributed by atoms with E-state index in [-0.39, 0.29) is 30.9 Å². The fraction of sp³-hybridized carbons (Fsp3) is 0.450. The lowest BCUT2D eigenvalue weighted by atomic mass is 10.1. The molecule has 1 aromatic heterocycles. The Hall–Kier alpha value is -3.23. The van der Waals surface area contributed by atoms with E-state index in [0.29, 0.717) is 38.2 Å². The van der Waals surface area contributed by atoms with Gasteiger partial charge in [-0.05, 0) is 19.3 Å². The molecule has 2 aromatic rings. The first-order chi connectivity index (χ1) is 13.9. The van der Waals surface area contributed by atoms with Crippen molar-refractivity contribution in [1.29, 1.82) is 0 Å². The van der Waals surface area contributed by atoms with E-state index >= 15 is 0 Å². The first-order valence-corrected chi connectivity index (χ1v) is 9.65. The van der Waals surface area contributed by atoms with Crippen molar-refractivity contribution < 1.29 is 19.5 Å². The van der Waals surface area contributed by atoms with Crippen molar-refractivity contribution in [2.45, 2.75) is 38.8 Å². The van der Waals surface area contributed by atoms with E-state index in [9.17, 15) is 14.4 Å². The van der Waals surface area contributed by atoms with Crippen LogP contribution < -0.4 is 0 Å². The lowest BCUT2D eigenvalue weighted by molar-refractivity contribution is -0.145. The minimum atomic E-state index is -1.03. The van der Waals surface area contributed by atoms with E-state index in [2.05, 4.69) is 10.1 Å². The number of amides is 2. The largest absolute Gasteiger partial charge is 0.480 e. The molecule has 1 saturated heterocycles. The average molecular weight is 399 g/mol. The van der Waals surface area contributed by atoms with Crippen molar-refractivity contribution in [1.82, 2.24) is 24.6 Å². The molecule has 1 aliphatic rings. The third kappa shape index (κ3) is 5.40. The summed E-state index contributed by atoms with van der Waals surface area (Å²) < 4.78 is 1.53. The van der Waals surface area contributed by atoms with Crippen LogP contribution in [-0.2, 0) is 20.9 Å². The Morgan fingerprint density at radius 2 is 1.93 bits per heavy atom. The average Bonchev–Trinajstić information content (AvgIpc) is 3.02. The van der Waals surface area contributed by atoms with Crippen molar-refractivity contribution in [2.75, 3.05) is 19.6 Å². The first-order valence-electron chi connectivity index (χ1n) is 9.65. The predicted octanol–water partition coefficient (Wildman–Crippen LogP) is 1.26. The number of hydrogen-bond donors (Lipinski definition) is 1. The third-order valence-corrected chi connectivity index (χ3v) is 5.07. The van der Waals surface area contributed by atoms with Gasteiger partial charge in [-0.3, -0.25) is 14.4 Å². The second kappa shape index (κ2) is 9.31. The molecular weight excluding hydrogens is 374 g/mol. The monoisotopic (exact) mass is 399 g/mol. The van der Waals surface area contributed by atoms with Crippen molar-refractivity contribution >= 4 is 17.8 Å². The van der Waals surface area contributed by atoms with E-state index in [0.717, 1.165) is 5.56 Å². The Labute approximate surface area is 168 Å². The lowest BCUT2D eigenvalue weighted by Crippen LogP contribution is -2.43. The number of carboxylic acids is 1. The van der Waals surface area contributed by atoms with Crippen LogP contribution in [0, 0.1) is 0 Å². The molecule has 0 radical (unpaired) electrons. The quantitative estimate of drug-likeness (QED) is 0.783. The highest BCUT2D eigenvalue weighted by Gasteiger charge is 2.27. The van der Waals surface area contributed by atoms with E-state index in [1.54, 1.807) is 11.2 Å². The topological polar surface area (TPSA) is 109 Å². The molecule has 0 saturated carbocycles. The summed E-state index contributed by atoms with van der Waals surface area (Å²) in [5.41, 5.74) is 0.888. The fourth-order valence-electron chi connectivity index (χ4n) is 3.61. The minimum absolute atomic E-state index is 0.0669. The zero-order valence-electron chi connectivity index (χ0n) is 16.4. The van der Waals surface area contributed by atoms with Crippen LogP contribution in [-0.4, -0.2) is 73.1 Å². The highest BCUT2D eigenvalue weighted by atomic mass is 16.4. The van der Waals surface area contributed by atoms with Crippen molar-refractivity contribution in [3.05, 3.63) is 36.7 Å². The summed E-state index contributed by atoms with van der Waals surface area (Å²) in [5.74, 6) is -0.783. The molecule has 3 rings (SSSR count). The minimum Gasteiger partial charge on any atom is -0.480 e. The Morgan fingerprint density at radius 1 is 1.17 bits per heavy atom. The number of carbonyl (C=O) groups is 3. The Kier molecular flexibility index (Phi) is 6.58. The molecule has 0 aliphatic carbocycles. The Bertz CT molecular complexity index is 867. The normalized spacial score (nSPS) is 16.9. The fourth-order valence-corrected chi connectivity index (χ4v) is 3.61. The second-order valence-corrected chi connectivity index (χ2v) is 7.14. The number of aromatic nitrogens is 3. The van der Waals surface area contributed by atoms with Crippen molar-refractivity contribution in [2.24, 2.45) is 0 Å². The maximum atomic E-state index is 12.7. The van der Waals surface area contributed by atoms with Crippen LogP contribution in [0.2, 0.25) is 0 Å². The first kappa shape index (κ1) is 20.5. The summed E-state index contributed by atoms with van der Waals surface area (Å²) in [4.78, 5) is 43.0. The predicted molar refractivity (Wildman–Crippen MR) is 105 cm³/mol. The van der Waals surface area contributed by atoms with Gasteiger partial charge in [0.2, 0.25) is 11.8 Å². The lowest BCUT2D eigenvalue weighted by Gasteiger charge is -2.28. The van der Waals surface area contributed by atoms with Gasteiger partial charge in [0.1, 0.15) is 19.4 Å². The van der Waals surface area contributed by atoms with Gasteiger partial charge >= 0.3 is 5.97 Å². The zero-order chi connectivity index (χ0) is 20.8. The molecule has 1 atom stereocenters. The van der Waals surface area contributed by atoms with Gasteiger partial charge in [-0.2, -0.15) is 5.10 Å². The smallest absolute Gasteiger partial charge is 0.323 e. The summed E-state index contributed by atoms with van der Waals surface area (Å²) in [7, 11) is 0. The maximum absolute atomic E-state index is 12.7. The van der Waals surface area contributed by atoms with Gasteiger partial charge in [0.25, 0.3) is 0 Å². The molecule has 9 nitrogen and oxygen atoms in total. The SMILES string of the molecule is CC(=O)N(CC(=O)O)C1CCCN(C(=O)Cn2cnc(-c3ccccc3)n2)CC1. The molecule has 2 amide bonds. The van der Waals surface area contributed by atoms with E-state index in [4.69, 9.17) is 5.11 Å². The molecule has 0 bridgehead atoms. The van der Waals surface area contributed by atoms with Crippen LogP contribution in [0.15, 0.2) is 36.7 Å². The molecule has 0 spiro atoms. The summed E-state index contributed by atoms with van der Waals surface area (Å²) in [6.07, 6.45) is 3.50. The standard InChI is InChI=1S/C20H25N5O4/c1-15(26)25(13-19(28)29)17-8-5-10-23(11-9-17)18(27)12-24-14-21-20(22-24)16-6-3-2-4-7-16/h2-4,6-7,14,17H,5,8-13H2,1H3,(H,28,29). The Balaban J connectivity index is 1.59. The number of hydrogen-bond acceptors (Lipinski definition) is 5. The molecule has 1 N–H and O–H groups in total. The molecule has 154 valence electrons. The molecular formula is C20H25N5O4. The summed E-state index contributed by atoms with van der Waals surface area (Å²) in [5, 5.41) is 13.4. The van der Waals surface area contributed by atoms with Gasteiger partial charge in [-0.25, -0.2) is 9.67 Å². The second-order valence-electron chi connectivity index (χ2n) is 7.14. The molecule has 1 aromatic carbocycles. The van der Waals surface area contributed by atoms with Crippen molar-refractivity contribution in [3.63, 3.8) is 0 Å². The van der Waals surface area contributed by atoms with E-state index < -0.39 is 5.97 Å². The van der Waals surface area contributed by atoms with E-state index in [1.165, 1.54) is 16.5 Å². The van der Waals surface area contributed by atoms with Crippen LogP contribution in [0.25, 0.3) is 11.4 Å². The van der Waals surface area contributed by atoms with Crippen molar-refractivity contribution in [3.8, 4) is 11.4 Å². The zero-order valence-corrected chi connectivity index (χ0v) is 16.4. The van der Waals surface area contributed by atoms with Gasteiger partial charge < -0.3 is 14.9 Å². The summed E-state index contributed by atoms with van der Waals surface area (Å²) in [6.45, 7) is 2.22. The van der Waals surface area contributed by atoms with Gasteiger partial charge in [0.15, 0.2) is 5.82 Å². The summed E-state index contributed by atoms with van der Waals surface area (Å²) >= 11 is 0. The molecule has 2 heterocycles. The number of aliphatic carboxylic acids is 1. The van der Waals surface area contributed by atoms with Gasteiger partial charge in [0.05, 0.1) is 0 Å². The van der Waals surface area contributed by atoms with Crippen LogP contribution in [0.3, 0.4) is 0 Å². The third-order valence-electron chi connectivity index (χ3n) is 5.07. The van der Waals surface area contributed by atoms with E-state index in [1.807, 2.05) is 30.3 Å². The highest BCUT2D eigenvalue weighted by Crippen LogP contribution is 2.18. The maximum Gasteiger partial charge on any atom is 0.323 e. The number of carbonyl (C=O) groups excluding carboxylic acids is 2. The molecule has 1 aliphatic heterocycles. The van der Waals surface area contributed by atoms with Crippen LogP contribution >= 0.6 is 0 Å². The molecule has 1 fully saturated rings. The number of nitrogens with zero attached hydrogens (tertiary/aromatic N) is 5. The van der Waals surface area contributed by atoms with Gasteiger partial charge in [-0.15, -0.1) is 0 Å². The molecule has 1 unspecified atom stereocenters. The van der Waals surface area contributed by atoms with Crippen LogP contribution in [0.4, 0.5) is 0 Å². The number of rotatable bonds is 6. The number of carboxylic acid groups (broad SMARTS) is 1. The van der Waals surface area contributed by atoms with Gasteiger partial charge in [-0.1, -0.05) is 30.3 Å². The van der Waals surface area contributed by atoms with Crippen LogP contribution in [0.5, 0.6) is 0 Å². The highest BCUT2D eigenvalue weighted by molar-refractivity contribution is 5.80. The number of likely N-dealkylation sites (tertiary alicyclic amines) is 1. The number of benzene rings is 1. The molecule has 9 heteroatoms. The Morgan fingerprint density at radius 3 is 2.62 bits per heavy atom. The summed E-state index contributed by atoms with van der Waals surface area (Å²) in [6, 6.07) is 9.38.